The van der Waals surface area contributed by atoms with Crippen molar-refractivity contribution >= 4 is 29.1 Å². The number of hydrogen-bond acceptors (Lipinski definition) is 4. The maximum absolute atomic E-state index is 12.1. The fourth-order valence-corrected chi connectivity index (χ4v) is 2.54. The summed E-state index contributed by atoms with van der Waals surface area (Å²) in [6.07, 6.45) is 0.452. The second-order valence-corrected chi connectivity index (χ2v) is 6.78. The molecule has 7 heteroatoms. The van der Waals surface area contributed by atoms with E-state index < -0.39 is 0 Å². The van der Waals surface area contributed by atoms with Gasteiger partial charge in [0.25, 0.3) is 5.91 Å². The summed E-state index contributed by atoms with van der Waals surface area (Å²) in [5.74, 6) is 0.687. The number of carbonyl (C=O) groups excluding carboxylic acids is 3. The van der Waals surface area contributed by atoms with Gasteiger partial charge in [-0.05, 0) is 50.1 Å². The number of amides is 3. The van der Waals surface area contributed by atoms with Crippen LogP contribution in [0.2, 0.25) is 0 Å². The van der Waals surface area contributed by atoms with E-state index >= 15 is 0 Å². The minimum atomic E-state index is -0.359. The Balaban J connectivity index is 1.82. The van der Waals surface area contributed by atoms with Gasteiger partial charge in [0.15, 0.2) is 0 Å². The smallest absolute Gasteiger partial charge is 0.255 e. The number of aryl methyl sites for hydroxylation is 2. The third-order valence-electron chi connectivity index (χ3n) is 3.74. The molecule has 0 aliphatic carbocycles. The Hall–Kier alpha value is -3.09. The summed E-state index contributed by atoms with van der Waals surface area (Å²) in [6, 6.07) is 8.44. The minimum Gasteiger partial charge on any atom is -0.466 e. The molecule has 0 atom stereocenters. The first kappa shape index (κ1) is 20.2. The van der Waals surface area contributed by atoms with E-state index in [1.165, 1.54) is 0 Å². The van der Waals surface area contributed by atoms with Crippen molar-refractivity contribution in [2.45, 2.75) is 34.1 Å². The van der Waals surface area contributed by atoms with Crippen molar-refractivity contribution in [2.24, 2.45) is 5.92 Å². The maximum atomic E-state index is 12.1. The highest BCUT2D eigenvalue weighted by Crippen LogP contribution is 2.15. The number of benzene rings is 1. The normalized spacial score (nSPS) is 10.6. The molecule has 0 fully saturated rings. The quantitative estimate of drug-likeness (QED) is 0.695. The Morgan fingerprint density at radius 3 is 2.00 bits per heavy atom. The highest BCUT2D eigenvalue weighted by atomic mass is 16.3. The molecule has 0 aliphatic rings. The number of hydrogen-bond donors (Lipinski definition) is 3. The Morgan fingerprint density at radius 1 is 0.963 bits per heavy atom. The van der Waals surface area contributed by atoms with Gasteiger partial charge in [0.1, 0.15) is 11.5 Å². The highest BCUT2D eigenvalue weighted by molar-refractivity contribution is 6.00. The van der Waals surface area contributed by atoms with E-state index in [1.54, 1.807) is 44.2 Å². The molecule has 0 spiro atoms. The van der Waals surface area contributed by atoms with Gasteiger partial charge in [0, 0.05) is 17.8 Å². The van der Waals surface area contributed by atoms with E-state index in [4.69, 9.17) is 4.42 Å². The predicted octanol–water partition coefficient (Wildman–Crippen LogP) is 3.25. The number of nitrogens with one attached hydrogen (secondary N) is 3. The predicted molar refractivity (Wildman–Crippen MR) is 104 cm³/mol. The van der Waals surface area contributed by atoms with Gasteiger partial charge in [0.05, 0.1) is 12.1 Å². The Bertz CT molecular complexity index is 822. The lowest BCUT2D eigenvalue weighted by Gasteiger charge is -2.09. The molecule has 0 radical (unpaired) electrons. The van der Waals surface area contributed by atoms with E-state index in [-0.39, 0.29) is 30.2 Å². The lowest BCUT2D eigenvalue weighted by atomic mass is 10.1. The second-order valence-electron chi connectivity index (χ2n) is 6.78. The zero-order valence-electron chi connectivity index (χ0n) is 16.0. The van der Waals surface area contributed by atoms with Gasteiger partial charge in [0.2, 0.25) is 11.8 Å². The van der Waals surface area contributed by atoms with Crippen LogP contribution in [0.4, 0.5) is 11.4 Å². The molecule has 0 saturated heterocycles. The van der Waals surface area contributed by atoms with E-state index in [1.807, 2.05) is 13.8 Å². The topological polar surface area (TPSA) is 100 Å². The van der Waals surface area contributed by atoms with Crippen LogP contribution >= 0.6 is 0 Å². The molecule has 0 bridgehead atoms. The lowest BCUT2D eigenvalue weighted by Crippen LogP contribution is -2.32. The van der Waals surface area contributed by atoms with E-state index in [0.29, 0.717) is 34.9 Å². The summed E-state index contributed by atoms with van der Waals surface area (Å²) in [4.78, 5) is 35.8. The van der Waals surface area contributed by atoms with Crippen molar-refractivity contribution in [3.8, 4) is 0 Å². The molecule has 27 heavy (non-hydrogen) atoms. The van der Waals surface area contributed by atoms with Crippen LogP contribution in [0.3, 0.4) is 0 Å². The molecule has 1 heterocycles. The van der Waals surface area contributed by atoms with Gasteiger partial charge in [-0.2, -0.15) is 0 Å². The van der Waals surface area contributed by atoms with Gasteiger partial charge >= 0.3 is 0 Å². The molecule has 0 unspecified atom stereocenters. The molecule has 0 saturated carbocycles. The Morgan fingerprint density at radius 2 is 1.52 bits per heavy atom. The van der Waals surface area contributed by atoms with Crippen LogP contribution in [0.5, 0.6) is 0 Å². The maximum Gasteiger partial charge on any atom is 0.255 e. The number of carbonyl (C=O) groups is 3. The molecule has 2 rings (SSSR count). The lowest BCUT2D eigenvalue weighted by molar-refractivity contribution is -0.117. The summed E-state index contributed by atoms with van der Waals surface area (Å²) in [6.45, 7) is 7.25. The van der Waals surface area contributed by atoms with E-state index in [2.05, 4.69) is 16.0 Å². The van der Waals surface area contributed by atoms with Gasteiger partial charge < -0.3 is 20.4 Å². The summed E-state index contributed by atoms with van der Waals surface area (Å²) < 4.78 is 5.31. The summed E-state index contributed by atoms with van der Waals surface area (Å²) in [5.41, 5.74) is 1.66. The molecule has 144 valence electrons. The van der Waals surface area contributed by atoms with Crippen LogP contribution in [-0.4, -0.2) is 24.3 Å². The molecule has 3 N–H and O–H groups in total. The van der Waals surface area contributed by atoms with Crippen molar-refractivity contribution in [1.82, 2.24) is 5.32 Å². The fraction of sp³-hybridized carbons (Fsp3) is 0.350. The van der Waals surface area contributed by atoms with Gasteiger partial charge in [-0.25, -0.2) is 0 Å². The fourth-order valence-electron chi connectivity index (χ4n) is 2.54. The zero-order chi connectivity index (χ0) is 20.0. The van der Waals surface area contributed by atoms with Crippen LogP contribution in [0.15, 0.2) is 34.7 Å². The summed E-state index contributed by atoms with van der Waals surface area (Å²) >= 11 is 0. The first-order chi connectivity index (χ1) is 12.7. The average Bonchev–Trinajstić information content (AvgIpc) is 2.92. The van der Waals surface area contributed by atoms with Crippen LogP contribution in [0.25, 0.3) is 0 Å². The molecule has 7 nitrogen and oxygen atoms in total. The van der Waals surface area contributed by atoms with Crippen LogP contribution in [0.1, 0.15) is 42.1 Å². The Kier molecular flexibility index (Phi) is 6.76. The van der Waals surface area contributed by atoms with Gasteiger partial charge in [-0.3, -0.25) is 14.4 Å². The van der Waals surface area contributed by atoms with Crippen LogP contribution < -0.4 is 16.0 Å². The van der Waals surface area contributed by atoms with Crippen LogP contribution in [0, 0.1) is 19.8 Å². The van der Waals surface area contributed by atoms with Crippen molar-refractivity contribution in [2.75, 3.05) is 17.2 Å². The first-order valence-electron chi connectivity index (χ1n) is 8.79. The number of furan rings is 1. The SMILES string of the molecule is Cc1cc(C(=O)NCC(=O)Nc2ccc(NC(=O)CC(C)C)cc2)c(C)o1. The molecular weight excluding hydrogens is 346 g/mol. The standard InChI is InChI=1S/C20H25N3O4/c1-12(2)9-18(24)22-15-5-7-16(8-6-15)23-19(25)11-21-20(26)17-10-13(3)27-14(17)4/h5-8,10,12H,9,11H2,1-4H3,(H,21,26)(H,22,24)(H,23,25). The number of anilines is 2. The van der Waals surface area contributed by atoms with E-state index in [0.717, 1.165) is 0 Å². The molecule has 1 aromatic heterocycles. The molecular formula is C20H25N3O4. The van der Waals surface area contributed by atoms with Crippen molar-refractivity contribution in [1.29, 1.82) is 0 Å². The third kappa shape index (κ3) is 6.29. The monoisotopic (exact) mass is 371 g/mol. The zero-order valence-corrected chi connectivity index (χ0v) is 16.0. The summed E-state index contributed by atoms with van der Waals surface area (Å²) in [5, 5.41) is 8.05. The molecule has 1 aromatic carbocycles. The van der Waals surface area contributed by atoms with Gasteiger partial charge in [-0.15, -0.1) is 0 Å². The average molecular weight is 371 g/mol. The molecule has 0 aliphatic heterocycles. The van der Waals surface area contributed by atoms with Crippen LogP contribution in [-0.2, 0) is 9.59 Å². The van der Waals surface area contributed by atoms with Crippen molar-refractivity contribution < 1.29 is 18.8 Å². The van der Waals surface area contributed by atoms with Crippen molar-refractivity contribution in [3.63, 3.8) is 0 Å². The highest BCUT2D eigenvalue weighted by Gasteiger charge is 2.14. The Labute approximate surface area is 158 Å². The first-order valence-corrected chi connectivity index (χ1v) is 8.79. The second kappa shape index (κ2) is 9.02. The van der Waals surface area contributed by atoms with E-state index in [9.17, 15) is 14.4 Å². The number of rotatable bonds is 7. The third-order valence-corrected chi connectivity index (χ3v) is 3.74. The largest absolute Gasteiger partial charge is 0.466 e. The molecule has 2 aromatic rings. The minimum absolute atomic E-state index is 0.0470. The summed E-state index contributed by atoms with van der Waals surface area (Å²) in [7, 11) is 0. The molecule has 3 amide bonds. The van der Waals surface area contributed by atoms with Gasteiger partial charge in [-0.1, -0.05) is 13.8 Å². The van der Waals surface area contributed by atoms with Crippen molar-refractivity contribution in [3.05, 3.63) is 47.4 Å².